The minimum absolute atomic E-state index is 0.0270. The number of carbonyl (C=O) groups excluding carboxylic acids is 6. The highest BCUT2D eigenvalue weighted by molar-refractivity contribution is 5.93. The van der Waals surface area contributed by atoms with Crippen LogP contribution in [0.5, 0.6) is 0 Å². The van der Waals surface area contributed by atoms with Gasteiger partial charge in [-0.25, -0.2) is 0 Å². The molecule has 1 aliphatic rings. The summed E-state index contributed by atoms with van der Waals surface area (Å²) in [7, 11) is 0. The van der Waals surface area contributed by atoms with E-state index in [4.69, 9.17) is 16.2 Å². The molecule has 1 aliphatic carbocycles. The van der Waals surface area contributed by atoms with Crippen LogP contribution in [0.15, 0.2) is 0 Å². The van der Waals surface area contributed by atoms with Crippen LogP contribution in [0.3, 0.4) is 0 Å². The Morgan fingerprint density at radius 1 is 0.633 bits per heavy atom. The number of Topliss-reactive ketones (excluding diaryl/α,β-unsaturated/α-hetero) is 3. The van der Waals surface area contributed by atoms with Crippen LogP contribution in [-0.2, 0) is 33.5 Å². The van der Waals surface area contributed by atoms with Crippen LogP contribution >= 0.6 is 0 Å². The van der Waals surface area contributed by atoms with Crippen molar-refractivity contribution in [1.29, 1.82) is 0 Å². The highest BCUT2D eigenvalue weighted by atomic mass is 16.5. The molecule has 1 rings (SSSR count). The van der Waals surface area contributed by atoms with E-state index in [0.29, 0.717) is 77.8 Å². The van der Waals surface area contributed by atoms with Gasteiger partial charge in [0.1, 0.15) is 17.3 Å². The second-order valence-corrected chi connectivity index (χ2v) is 18.5. The summed E-state index contributed by atoms with van der Waals surface area (Å²) in [6.07, 6.45) is 10.5. The largest absolute Gasteiger partial charge is 0.465 e. The summed E-state index contributed by atoms with van der Waals surface area (Å²) in [5.41, 5.74) is 9.03. The lowest BCUT2D eigenvalue weighted by molar-refractivity contribution is -0.150. The molecule has 14 nitrogen and oxygen atoms in total. The third-order valence-electron chi connectivity index (χ3n) is 12.2. The summed E-state index contributed by atoms with van der Waals surface area (Å²) >= 11 is 0. The molecule has 0 bridgehead atoms. The number of hydrogen-bond acceptors (Lipinski definition) is 12. The molecule has 0 aromatic carbocycles. The maximum absolute atomic E-state index is 14.3. The molecular weight excluding hydrogens is 763 g/mol. The molecular formula is C46H87N7O7. The first kappa shape index (κ1) is 55.2. The molecule has 0 aliphatic heterocycles. The maximum Gasteiger partial charge on any atom is 0.306 e. The van der Waals surface area contributed by atoms with Crippen LogP contribution in [0, 0.1) is 40.4 Å². The molecule has 3 unspecified atom stereocenters. The number of hydrogen-bond donors (Lipinski definition) is 7. The molecule has 0 aromatic rings. The van der Waals surface area contributed by atoms with Crippen LogP contribution in [0.4, 0.5) is 0 Å². The summed E-state index contributed by atoms with van der Waals surface area (Å²) in [6.45, 7) is 18.2. The third kappa shape index (κ3) is 22.9. The molecule has 0 saturated heterocycles. The van der Waals surface area contributed by atoms with Gasteiger partial charge in [-0.15, -0.1) is 0 Å². The smallest absolute Gasteiger partial charge is 0.306 e. The van der Waals surface area contributed by atoms with Gasteiger partial charge >= 0.3 is 5.97 Å². The number of rotatable bonds is 36. The zero-order valence-electron chi connectivity index (χ0n) is 38.8. The maximum atomic E-state index is 14.3. The van der Waals surface area contributed by atoms with E-state index in [2.05, 4.69) is 40.4 Å². The van der Waals surface area contributed by atoms with Gasteiger partial charge in [0.2, 0.25) is 11.8 Å². The van der Waals surface area contributed by atoms with Crippen LogP contribution in [0.2, 0.25) is 0 Å². The van der Waals surface area contributed by atoms with E-state index < -0.39 is 28.6 Å². The van der Waals surface area contributed by atoms with Crippen molar-refractivity contribution in [3.63, 3.8) is 0 Å². The van der Waals surface area contributed by atoms with Crippen LogP contribution in [-0.4, -0.2) is 107 Å². The molecule has 348 valence electrons. The van der Waals surface area contributed by atoms with Crippen molar-refractivity contribution in [2.75, 3.05) is 72.1 Å². The molecule has 0 heterocycles. The number of carbonyl (C=O) groups is 6. The fourth-order valence-corrected chi connectivity index (χ4v) is 8.25. The zero-order valence-corrected chi connectivity index (χ0v) is 38.8. The predicted octanol–water partition coefficient (Wildman–Crippen LogP) is 4.21. The Kier molecular flexibility index (Phi) is 28.6. The number of nitrogens with one attached hydrogen (secondary N) is 5. The molecule has 9 N–H and O–H groups in total. The highest BCUT2D eigenvalue weighted by Crippen LogP contribution is 2.37. The number of esters is 1. The Balaban J connectivity index is 3.12. The van der Waals surface area contributed by atoms with Gasteiger partial charge in [0.25, 0.3) is 0 Å². The van der Waals surface area contributed by atoms with E-state index in [1.807, 2.05) is 6.92 Å². The van der Waals surface area contributed by atoms with Gasteiger partial charge in [0.05, 0.1) is 19.6 Å². The Morgan fingerprint density at radius 3 is 1.80 bits per heavy atom. The van der Waals surface area contributed by atoms with Crippen molar-refractivity contribution < 1.29 is 33.5 Å². The van der Waals surface area contributed by atoms with Crippen LogP contribution in [0.25, 0.3) is 0 Å². The van der Waals surface area contributed by atoms with E-state index in [-0.39, 0.29) is 73.8 Å². The Labute approximate surface area is 363 Å². The topological polar surface area (TPSA) is 224 Å². The molecule has 2 amide bonds. The lowest BCUT2D eigenvalue weighted by atomic mass is 9.70. The summed E-state index contributed by atoms with van der Waals surface area (Å²) in [6, 6.07) is 0. The van der Waals surface area contributed by atoms with Crippen molar-refractivity contribution in [2.45, 2.75) is 145 Å². The summed E-state index contributed by atoms with van der Waals surface area (Å²) in [5.74, 6) is -2.56. The summed E-state index contributed by atoms with van der Waals surface area (Å²) in [5, 5.41) is 15.3. The summed E-state index contributed by atoms with van der Waals surface area (Å²) in [4.78, 5) is 82.0. The normalized spacial score (nSPS) is 17.4. The van der Waals surface area contributed by atoms with Gasteiger partial charge in [0, 0.05) is 93.8 Å². The Bertz CT molecular complexity index is 1270. The monoisotopic (exact) mass is 850 g/mol. The lowest BCUT2D eigenvalue weighted by Crippen LogP contribution is -2.43. The SMILES string of the molecule is CCCCNCC(=O)C(CC(=O)NCCNCCN)CC(C)(C)C(=O)CC(CC(C)(C)C(=O)C(CC)CC(=O)OCC1CCC(CCCC)CC1)C(=O)NCCNCCN. The minimum atomic E-state index is -1.06. The number of amides is 2. The van der Waals surface area contributed by atoms with Crippen LogP contribution in [0.1, 0.15) is 145 Å². The molecule has 1 fully saturated rings. The molecule has 0 aromatic heterocycles. The molecule has 60 heavy (non-hydrogen) atoms. The first-order chi connectivity index (χ1) is 28.5. The van der Waals surface area contributed by atoms with Gasteiger partial charge < -0.3 is 42.8 Å². The number of ether oxygens (including phenoxy) is 1. The number of ketones is 3. The first-order valence-electron chi connectivity index (χ1n) is 23.4. The molecule has 0 radical (unpaired) electrons. The third-order valence-corrected chi connectivity index (χ3v) is 12.2. The zero-order chi connectivity index (χ0) is 45.0. The fraction of sp³-hybridized carbons (Fsp3) is 0.870. The van der Waals surface area contributed by atoms with Crippen molar-refractivity contribution in [1.82, 2.24) is 26.6 Å². The molecule has 14 heteroatoms. The van der Waals surface area contributed by atoms with E-state index >= 15 is 0 Å². The van der Waals surface area contributed by atoms with Gasteiger partial charge in [0.15, 0.2) is 0 Å². The van der Waals surface area contributed by atoms with Crippen molar-refractivity contribution in [2.24, 2.45) is 51.9 Å². The van der Waals surface area contributed by atoms with Crippen molar-refractivity contribution in [3.8, 4) is 0 Å². The van der Waals surface area contributed by atoms with E-state index in [0.717, 1.165) is 31.6 Å². The predicted molar refractivity (Wildman–Crippen MR) is 240 cm³/mol. The summed E-state index contributed by atoms with van der Waals surface area (Å²) < 4.78 is 5.74. The molecule has 3 atom stereocenters. The Morgan fingerprint density at radius 2 is 1.22 bits per heavy atom. The van der Waals surface area contributed by atoms with Gasteiger partial charge in [-0.2, -0.15) is 0 Å². The second kappa shape index (κ2) is 31.1. The van der Waals surface area contributed by atoms with E-state index in [9.17, 15) is 28.8 Å². The first-order valence-corrected chi connectivity index (χ1v) is 23.4. The average Bonchev–Trinajstić information content (AvgIpc) is 3.21. The lowest BCUT2D eigenvalue weighted by Gasteiger charge is -2.33. The number of unbranched alkanes of at least 4 members (excludes halogenated alkanes) is 2. The molecule has 0 spiro atoms. The van der Waals surface area contributed by atoms with E-state index in [1.54, 1.807) is 27.7 Å². The van der Waals surface area contributed by atoms with Crippen molar-refractivity contribution >= 4 is 35.1 Å². The van der Waals surface area contributed by atoms with Gasteiger partial charge in [-0.3, -0.25) is 28.8 Å². The van der Waals surface area contributed by atoms with E-state index in [1.165, 1.54) is 32.1 Å². The number of nitrogens with two attached hydrogens (primary N) is 2. The van der Waals surface area contributed by atoms with Gasteiger partial charge in [-0.05, 0) is 56.9 Å². The Hall–Kier alpha value is -2.78. The quantitative estimate of drug-likeness (QED) is 0.0348. The van der Waals surface area contributed by atoms with Crippen LogP contribution < -0.4 is 38.1 Å². The molecule has 1 saturated carbocycles. The van der Waals surface area contributed by atoms with Gasteiger partial charge in [-0.1, -0.05) is 87.0 Å². The standard InChI is InChI=1S/C46H87N7O7/c1-8-11-13-34-14-16-35(17-15-34)33-60-42(57)29-36(10-3)43(58)46(6,7)31-38(44(59)53-26-24-50-22-19-48)27-40(55)45(4,5)30-37(39(54)32-51-20-12-9-2)28-41(56)52-25-23-49-21-18-47/h34-38,49-51H,8-33,47-48H2,1-7H3,(H,52,56)(H,53,59). The fourth-order valence-electron chi connectivity index (χ4n) is 8.25. The highest BCUT2D eigenvalue weighted by Gasteiger charge is 2.41. The minimum Gasteiger partial charge on any atom is -0.465 e. The van der Waals surface area contributed by atoms with Crippen molar-refractivity contribution in [3.05, 3.63) is 0 Å². The second-order valence-electron chi connectivity index (χ2n) is 18.5. The average molecular weight is 850 g/mol.